The van der Waals surface area contributed by atoms with E-state index in [1.165, 1.54) is 5.56 Å². The normalized spacial score (nSPS) is 14.4. The van der Waals surface area contributed by atoms with Gasteiger partial charge in [-0.05, 0) is 46.2 Å². The van der Waals surface area contributed by atoms with Crippen LogP contribution in [0.5, 0.6) is 0 Å². The van der Waals surface area contributed by atoms with Crippen LogP contribution in [0.15, 0.2) is 30.3 Å². The summed E-state index contributed by atoms with van der Waals surface area (Å²) in [6, 6.07) is 10.5. The Morgan fingerprint density at radius 1 is 1.29 bits per heavy atom. The minimum atomic E-state index is -0.866. The van der Waals surface area contributed by atoms with E-state index in [0.29, 0.717) is 6.42 Å². The zero-order valence-electron chi connectivity index (χ0n) is 13.6. The van der Waals surface area contributed by atoms with Crippen LogP contribution in [0.2, 0.25) is 0 Å². The first-order chi connectivity index (χ1) is 9.83. The Balaban J connectivity index is 2.43. The standard InChI is InChI=1S/C17H28N2O2/c1-14(2)18-17(3,16(20)21)11-13-19(4)12-10-15-8-6-5-7-9-15/h5-9,14,18H,10-13H2,1-4H3,(H,20,21). The lowest BCUT2D eigenvalue weighted by Crippen LogP contribution is -2.53. The van der Waals surface area contributed by atoms with Crippen LogP contribution in [0, 0.1) is 0 Å². The van der Waals surface area contributed by atoms with E-state index in [2.05, 4.69) is 22.3 Å². The number of hydrogen-bond donors (Lipinski definition) is 2. The van der Waals surface area contributed by atoms with Gasteiger partial charge in [0.15, 0.2) is 0 Å². The maximum absolute atomic E-state index is 11.5. The number of carboxylic acids is 1. The van der Waals surface area contributed by atoms with Crippen LogP contribution in [-0.4, -0.2) is 47.7 Å². The smallest absolute Gasteiger partial charge is 0.323 e. The zero-order chi connectivity index (χ0) is 15.9. The first-order valence-electron chi connectivity index (χ1n) is 7.57. The molecule has 1 atom stereocenters. The number of benzene rings is 1. The quantitative estimate of drug-likeness (QED) is 0.734. The number of rotatable bonds is 9. The first-order valence-corrected chi connectivity index (χ1v) is 7.57. The Morgan fingerprint density at radius 2 is 1.90 bits per heavy atom. The van der Waals surface area contributed by atoms with Crippen molar-refractivity contribution in [2.45, 2.75) is 45.2 Å². The van der Waals surface area contributed by atoms with Crippen LogP contribution in [0.1, 0.15) is 32.8 Å². The maximum atomic E-state index is 11.5. The number of likely N-dealkylation sites (N-methyl/N-ethyl adjacent to an activating group) is 1. The van der Waals surface area contributed by atoms with Crippen molar-refractivity contribution >= 4 is 5.97 Å². The molecule has 4 heteroatoms. The van der Waals surface area contributed by atoms with Crippen molar-refractivity contribution in [3.05, 3.63) is 35.9 Å². The third-order valence-electron chi connectivity index (χ3n) is 3.70. The molecule has 0 heterocycles. The molecule has 0 bridgehead atoms. The van der Waals surface area contributed by atoms with E-state index in [0.717, 1.165) is 19.5 Å². The predicted octanol–water partition coefficient (Wildman–Crippen LogP) is 2.39. The van der Waals surface area contributed by atoms with E-state index in [1.807, 2.05) is 39.1 Å². The van der Waals surface area contributed by atoms with Gasteiger partial charge in [0.25, 0.3) is 0 Å². The summed E-state index contributed by atoms with van der Waals surface area (Å²) in [7, 11) is 2.04. The molecule has 0 saturated carbocycles. The molecule has 0 spiro atoms. The van der Waals surface area contributed by atoms with Crippen LogP contribution < -0.4 is 5.32 Å². The fraction of sp³-hybridized carbons (Fsp3) is 0.588. The Hall–Kier alpha value is -1.39. The number of hydrogen-bond acceptors (Lipinski definition) is 3. The Morgan fingerprint density at radius 3 is 2.43 bits per heavy atom. The van der Waals surface area contributed by atoms with Crippen LogP contribution in [0.3, 0.4) is 0 Å². The summed E-state index contributed by atoms with van der Waals surface area (Å²) in [6.45, 7) is 7.40. The molecule has 0 radical (unpaired) electrons. The minimum absolute atomic E-state index is 0.153. The molecule has 0 aliphatic heterocycles. The summed E-state index contributed by atoms with van der Waals surface area (Å²) in [4.78, 5) is 13.7. The SMILES string of the molecule is CC(C)NC(C)(CCN(C)CCc1ccccc1)C(=O)O. The van der Waals surface area contributed by atoms with Crippen molar-refractivity contribution in [1.29, 1.82) is 0 Å². The molecule has 0 aromatic heterocycles. The Labute approximate surface area is 128 Å². The predicted molar refractivity (Wildman–Crippen MR) is 86.6 cm³/mol. The van der Waals surface area contributed by atoms with Gasteiger partial charge in [-0.2, -0.15) is 0 Å². The van der Waals surface area contributed by atoms with E-state index >= 15 is 0 Å². The van der Waals surface area contributed by atoms with Gasteiger partial charge in [0.1, 0.15) is 5.54 Å². The van der Waals surface area contributed by atoms with Gasteiger partial charge in [-0.15, -0.1) is 0 Å². The molecule has 2 N–H and O–H groups in total. The largest absolute Gasteiger partial charge is 0.480 e. The second kappa shape index (κ2) is 8.15. The number of aliphatic carboxylic acids is 1. The van der Waals surface area contributed by atoms with E-state index < -0.39 is 11.5 Å². The monoisotopic (exact) mass is 292 g/mol. The van der Waals surface area contributed by atoms with Crippen molar-refractivity contribution in [1.82, 2.24) is 10.2 Å². The van der Waals surface area contributed by atoms with Crippen LogP contribution >= 0.6 is 0 Å². The molecule has 0 fully saturated rings. The molecule has 0 aliphatic rings. The fourth-order valence-electron chi connectivity index (χ4n) is 2.37. The fourth-order valence-corrected chi connectivity index (χ4v) is 2.37. The lowest BCUT2D eigenvalue weighted by molar-refractivity contribution is -0.144. The second-order valence-corrected chi connectivity index (χ2v) is 6.23. The van der Waals surface area contributed by atoms with Gasteiger partial charge >= 0.3 is 5.97 Å². The number of carbonyl (C=O) groups is 1. The van der Waals surface area contributed by atoms with Gasteiger partial charge in [0.2, 0.25) is 0 Å². The highest BCUT2D eigenvalue weighted by Gasteiger charge is 2.33. The number of carboxylic acid groups (broad SMARTS) is 1. The third kappa shape index (κ3) is 6.27. The molecule has 0 saturated heterocycles. The zero-order valence-corrected chi connectivity index (χ0v) is 13.6. The number of nitrogens with zero attached hydrogens (tertiary/aromatic N) is 1. The van der Waals surface area contributed by atoms with Gasteiger partial charge in [-0.1, -0.05) is 30.3 Å². The average Bonchev–Trinajstić information content (AvgIpc) is 2.43. The van der Waals surface area contributed by atoms with Gasteiger partial charge in [0, 0.05) is 19.1 Å². The van der Waals surface area contributed by atoms with E-state index in [-0.39, 0.29) is 6.04 Å². The van der Waals surface area contributed by atoms with Crippen molar-refractivity contribution in [2.75, 3.05) is 20.1 Å². The highest BCUT2D eigenvalue weighted by atomic mass is 16.4. The molecule has 1 unspecified atom stereocenters. The first kappa shape index (κ1) is 17.7. The molecule has 1 rings (SSSR count). The van der Waals surface area contributed by atoms with Gasteiger partial charge in [-0.3, -0.25) is 10.1 Å². The minimum Gasteiger partial charge on any atom is -0.480 e. The molecule has 1 aromatic carbocycles. The van der Waals surface area contributed by atoms with E-state index in [1.54, 1.807) is 6.92 Å². The molecular formula is C17H28N2O2. The molecule has 0 amide bonds. The van der Waals surface area contributed by atoms with E-state index in [9.17, 15) is 9.90 Å². The Bertz CT molecular complexity index is 434. The van der Waals surface area contributed by atoms with E-state index in [4.69, 9.17) is 0 Å². The lowest BCUT2D eigenvalue weighted by Gasteiger charge is -2.30. The summed E-state index contributed by atoms with van der Waals surface area (Å²) in [6.07, 6.45) is 1.57. The summed E-state index contributed by atoms with van der Waals surface area (Å²) >= 11 is 0. The molecule has 4 nitrogen and oxygen atoms in total. The van der Waals surface area contributed by atoms with Crippen LogP contribution in [0.4, 0.5) is 0 Å². The molecule has 0 aliphatic carbocycles. The molecular weight excluding hydrogens is 264 g/mol. The van der Waals surface area contributed by atoms with Crippen molar-refractivity contribution < 1.29 is 9.90 Å². The van der Waals surface area contributed by atoms with Crippen molar-refractivity contribution in [3.63, 3.8) is 0 Å². The summed E-state index contributed by atoms with van der Waals surface area (Å²) in [5.41, 5.74) is 0.445. The van der Waals surface area contributed by atoms with Crippen LogP contribution in [-0.2, 0) is 11.2 Å². The number of nitrogens with one attached hydrogen (secondary N) is 1. The highest BCUT2D eigenvalue weighted by molar-refractivity contribution is 5.78. The summed E-state index contributed by atoms with van der Waals surface area (Å²) in [5.74, 6) is -0.785. The third-order valence-corrected chi connectivity index (χ3v) is 3.70. The highest BCUT2D eigenvalue weighted by Crippen LogP contribution is 2.12. The van der Waals surface area contributed by atoms with Gasteiger partial charge < -0.3 is 10.0 Å². The summed E-state index contributed by atoms with van der Waals surface area (Å²) in [5, 5.41) is 12.6. The average molecular weight is 292 g/mol. The van der Waals surface area contributed by atoms with Crippen LogP contribution in [0.25, 0.3) is 0 Å². The van der Waals surface area contributed by atoms with Gasteiger partial charge in [-0.25, -0.2) is 0 Å². The molecule has 1 aromatic rings. The second-order valence-electron chi connectivity index (χ2n) is 6.23. The molecule has 21 heavy (non-hydrogen) atoms. The Kier molecular flexibility index (Phi) is 6.85. The maximum Gasteiger partial charge on any atom is 0.323 e. The molecule has 118 valence electrons. The van der Waals surface area contributed by atoms with Gasteiger partial charge in [0.05, 0.1) is 0 Å². The summed E-state index contributed by atoms with van der Waals surface area (Å²) < 4.78 is 0. The lowest BCUT2D eigenvalue weighted by atomic mass is 9.96. The topological polar surface area (TPSA) is 52.6 Å². The van der Waals surface area contributed by atoms with Crippen molar-refractivity contribution in [3.8, 4) is 0 Å². The van der Waals surface area contributed by atoms with Crippen molar-refractivity contribution in [2.24, 2.45) is 0 Å².